The molecule has 2 N–H and O–H groups in total. The minimum atomic E-state index is -1.31. The summed E-state index contributed by atoms with van der Waals surface area (Å²) >= 11 is 0. The Bertz CT molecular complexity index is 1230. The molecule has 2 aromatic rings. The van der Waals surface area contributed by atoms with Crippen molar-refractivity contribution in [3.05, 3.63) is 60.2 Å². The summed E-state index contributed by atoms with van der Waals surface area (Å²) in [5.74, 6) is -1.35. The predicted molar refractivity (Wildman–Crippen MR) is 145 cm³/mol. The molecule has 6 atom stereocenters. The first kappa shape index (κ1) is 28.3. The molecule has 1 aromatic carbocycles. The van der Waals surface area contributed by atoms with Gasteiger partial charge in [0, 0.05) is 30.8 Å². The third kappa shape index (κ3) is 5.82. The number of carbonyl (C=O) groups excluding carboxylic acids is 3. The number of pyridine rings is 1. The van der Waals surface area contributed by atoms with Crippen molar-refractivity contribution >= 4 is 24.0 Å². The Labute approximate surface area is 228 Å². The highest BCUT2D eigenvalue weighted by molar-refractivity contribution is 6.04. The highest BCUT2D eigenvalue weighted by Crippen LogP contribution is 2.56. The lowest BCUT2D eigenvalue weighted by Crippen LogP contribution is -2.56. The smallest absolute Gasteiger partial charge is 0.407 e. The van der Waals surface area contributed by atoms with Crippen molar-refractivity contribution in [2.75, 3.05) is 19.7 Å². The lowest BCUT2D eigenvalue weighted by Gasteiger charge is -2.46. The van der Waals surface area contributed by atoms with Gasteiger partial charge in [0.2, 0.25) is 5.91 Å². The van der Waals surface area contributed by atoms with Crippen molar-refractivity contribution in [1.82, 2.24) is 15.6 Å². The molecule has 1 saturated heterocycles. The molecule has 2 amide bonds. The van der Waals surface area contributed by atoms with Gasteiger partial charge in [-0.2, -0.15) is 0 Å². The highest BCUT2D eigenvalue weighted by atomic mass is 19.1. The maximum absolute atomic E-state index is 13.6. The molecule has 2 heterocycles. The molecule has 2 fully saturated rings. The maximum atomic E-state index is 13.6. The number of nitrogens with zero attached hydrogens (tertiary/aromatic N) is 1. The van der Waals surface area contributed by atoms with Crippen LogP contribution in [-0.4, -0.2) is 48.8 Å². The molecule has 9 heteroatoms. The Morgan fingerprint density at radius 2 is 1.92 bits per heavy atom. The van der Waals surface area contributed by atoms with Crippen LogP contribution in [-0.2, 0) is 19.1 Å². The van der Waals surface area contributed by atoms with Crippen molar-refractivity contribution in [1.29, 1.82) is 0 Å². The van der Waals surface area contributed by atoms with Gasteiger partial charge in [-0.1, -0.05) is 38.1 Å². The first-order valence-corrected chi connectivity index (χ1v) is 13.5. The number of hydrogen-bond acceptors (Lipinski definition) is 6. The fraction of sp³-hybridized carbons (Fsp3) is 0.467. The van der Waals surface area contributed by atoms with Gasteiger partial charge < -0.3 is 20.1 Å². The van der Waals surface area contributed by atoms with E-state index >= 15 is 0 Å². The van der Waals surface area contributed by atoms with Crippen molar-refractivity contribution in [2.45, 2.75) is 40.2 Å². The second-order valence-electron chi connectivity index (χ2n) is 10.5. The van der Waals surface area contributed by atoms with Gasteiger partial charge in [0.15, 0.2) is 5.41 Å². The number of cyclic esters (lactones) is 1. The lowest BCUT2D eigenvalue weighted by atomic mass is 9.54. The molecule has 1 aromatic heterocycles. The number of hydrogen-bond donors (Lipinski definition) is 2. The van der Waals surface area contributed by atoms with Crippen LogP contribution in [0.5, 0.6) is 0 Å². The number of carbonyl (C=O) groups is 3. The molecule has 1 aliphatic heterocycles. The van der Waals surface area contributed by atoms with E-state index < -0.39 is 23.6 Å². The number of allylic oxidation sites excluding steroid dienone is 1. The summed E-state index contributed by atoms with van der Waals surface area (Å²) in [7, 11) is 0. The van der Waals surface area contributed by atoms with E-state index in [-0.39, 0.29) is 55.1 Å². The molecule has 1 aliphatic carbocycles. The van der Waals surface area contributed by atoms with Crippen LogP contribution in [0.4, 0.5) is 9.18 Å². The molecule has 5 unspecified atom stereocenters. The second kappa shape index (κ2) is 12.0. The number of fused-ring (bicyclic) bond motifs is 1. The fourth-order valence-corrected chi connectivity index (χ4v) is 6.01. The first-order valence-electron chi connectivity index (χ1n) is 13.5. The van der Waals surface area contributed by atoms with Crippen molar-refractivity contribution in [3.8, 4) is 11.1 Å². The van der Waals surface area contributed by atoms with Gasteiger partial charge in [-0.25, -0.2) is 9.18 Å². The zero-order valence-electron chi connectivity index (χ0n) is 22.8. The molecular formula is C30H36FN3O5. The summed E-state index contributed by atoms with van der Waals surface area (Å²) in [6, 6.07) is 10.1. The highest BCUT2D eigenvalue weighted by Gasteiger charge is 2.66. The van der Waals surface area contributed by atoms with Crippen molar-refractivity contribution in [3.63, 3.8) is 0 Å². The largest absolute Gasteiger partial charge is 0.461 e. The Kier molecular flexibility index (Phi) is 8.67. The number of alkyl carbamates (subject to hydrolysis) is 1. The summed E-state index contributed by atoms with van der Waals surface area (Å²) in [5, 5.41) is 5.42. The van der Waals surface area contributed by atoms with E-state index in [1.165, 1.54) is 12.1 Å². The third-order valence-electron chi connectivity index (χ3n) is 8.09. The van der Waals surface area contributed by atoms with E-state index in [0.717, 1.165) is 16.8 Å². The number of nitrogens with one attached hydrogen (secondary N) is 2. The van der Waals surface area contributed by atoms with Gasteiger partial charge in [0.05, 0.1) is 12.3 Å². The number of ether oxygens (including phenoxy) is 2. The number of amides is 2. The zero-order valence-corrected chi connectivity index (χ0v) is 22.8. The Morgan fingerprint density at radius 1 is 1.15 bits per heavy atom. The van der Waals surface area contributed by atoms with Crippen molar-refractivity contribution < 1.29 is 28.2 Å². The van der Waals surface area contributed by atoms with Gasteiger partial charge in [0.1, 0.15) is 11.9 Å². The van der Waals surface area contributed by atoms with E-state index in [0.29, 0.717) is 6.42 Å². The summed E-state index contributed by atoms with van der Waals surface area (Å²) < 4.78 is 24.1. The lowest BCUT2D eigenvalue weighted by molar-refractivity contribution is -0.157. The molecule has 0 radical (unpaired) electrons. The molecular weight excluding hydrogens is 501 g/mol. The molecule has 8 nitrogen and oxygen atoms in total. The molecule has 1 saturated carbocycles. The van der Waals surface area contributed by atoms with Gasteiger partial charge in [-0.3, -0.25) is 14.6 Å². The van der Waals surface area contributed by atoms with Crippen LogP contribution in [0.15, 0.2) is 48.7 Å². The van der Waals surface area contributed by atoms with Gasteiger partial charge in [-0.15, -0.1) is 0 Å². The average Bonchev–Trinajstić information content (AvgIpc) is 3.17. The van der Waals surface area contributed by atoms with Crippen LogP contribution in [0, 0.1) is 34.9 Å². The quantitative estimate of drug-likeness (QED) is 0.290. The minimum Gasteiger partial charge on any atom is -0.461 e. The van der Waals surface area contributed by atoms with E-state index in [2.05, 4.69) is 29.5 Å². The molecule has 4 rings (SSSR count). The van der Waals surface area contributed by atoms with Crippen LogP contribution in [0.3, 0.4) is 0 Å². The summed E-state index contributed by atoms with van der Waals surface area (Å²) in [6.45, 7) is 8.35. The zero-order chi connectivity index (χ0) is 28.2. The normalized spacial score (nSPS) is 28.0. The monoisotopic (exact) mass is 537 g/mol. The molecule has 0 spiro atoms. The minimum absolute atomic E-state index is 0.0838. The molecule has 208 valence electrons. The number of aromatic nitrogens is 1. The SMILES string of the molecule is CCOC(=O)NCCNC(=O)[C@@]12CC(C)C(C)C(/C=C/c3ccc(-c4cccc(F)c4)cn3)C1C(C)OC2=O. The molecule has 39 heavy (non-hydrogen) atoms. The fourth-order valence-electron chi connectivity index (χ4n) is 6.01. The maximum Gasteiger partial charge on any atom is 0.407 e. The summed E-state index contributed by atoms with van der Waals surface area (Å²) in [4.78, 5) is 42.9. The Balaban J connectivity index is 1.53. The Hall–Kier alpha value is -3.75. The number of esters is 1. The van der Waals surface area contributed by atoms with Crippen molar-refractivity contribution in [2.24, 2.45) is 29.1 Å². The van der Waals surface area contributed by atoms with E-state index in [4.69, 9.17) is 9.47 Å². The van der Waals surface area contributed by atoms with Crippen LogP contribution >= 0.6 is 0 Å². The van der Waals surface area contributed by atoms with Crippen LogP contribution in [0.25, 0.3) is 17.2 Å². The van der Waals surface area contributed by atoms with E-state index in [1.54, 1.807) is 19.2 Å². The Morgan fingerprint density at radius 3 is 2.62 bits per heavy atom. The predicted octanol–water partition coefficient (Wildman–Crippen LogP) is 4.60. The van der Waals surface area contributed by atoms with Crippen LogP contribution in [0.2, 0.25) is 0 Å². The summed E-state index contributed by atoms with van der Waals surface area (Å²) in [5.41, 5.74) is 0.969. The average molecular weight is 538 g/mol. The van der Waals surface area contributed by atoms with Crippen LogP contribution in [0.1, 0.15) is 39.8 Å². The second-order valence-corrected chi connectivity index (χ2v) is 10.5. The molecule has 2 aliphatic rings. The molecule has 0 bridgehead atoms. The number of benzene rings is 1. The van der Waals surface area contributed by atoms with Gasteiger partial charge in [0.25, 0.3) is 0 Å². The standard InChI is InChI=1S/C30H36FN3O5/c1-5-38-29(37)33-14-13-32-27(35)30-16-18(2)19(3)25(26(30)20(4)39-28(30)36)12-11-24-10-9-22(17-34-24)21-7-6-8-23(31)15-21/h6-12,15,17-20,25-26H,5,13-14,16H2,1-4H3,(H,32,35)(H,33,37)/b12-11+/t18?,19?,20?,25?,26?,30-/m1/s1. The van der Waals surface area contributed by atoms with E-state index in [9.17, 15) is 18.8 Å². The summed E-state index contributed by atoms with van der Waals surface area (Å²) in [6.07, 6.45) is 5.06. The van der Waals surface area contributed by atoms with E-state index in [1.807, 2.05) is 37.3 Å². The first-order chi connectivity index (χ1) is 18.7. The number of halogens is 1. The topological polar surface area (TPSA) is 107 Å². The van der Waals surface area contributed by atoms with Gasteiger partial charge >= 0.3 is 12.1 Å². The number of rotatable bonds is 8. The van der Waals surface area contributed by atoms with Gasteiger partial charge in [-0.05, 0) is 67.9 Å². The third-order valence-corrected chi connectivity index (χ3v) is 8.09. The van der Waals surface area contributed by atoms with Crippen LogP contribution < -0.4 is 10.6 Å².